The molecule has 2 rings (SSSR count). The normalized spacial score (nSPS) is 13.4. The predicted octanol–water partition coefficient (Wildman–Crippen LogP) is 7.02. The lowest BCUT2D eigenvalue weighted by atomic mass is 9.97. The fourth-order valence-electron chi connectivity index (χ4n) is 2.52. The van der Waals surface area contributed by atoms with Gasteiger partial charge in [-0.05, 0) is 18.1 Å². The summed E-state index contributed by atoms with van der Waals surface area (Å²) in [4.78, 5) is 12.9. The van der Waals surface area contributed by atoms with Gasteiger partial charge in [0.25, 0.3) is 0 Å². The van der Waals surface area contributed by atoms with Crippen LogP contribution in [0.15, 0.2) is 0 Å². The van der Waals surface area contributed by atoms with Crippen molar-refractivity contribution >= 4 is 14.1 Å². The van der Waals surface area contributed by atoms with Crippen LogP contribution in [0.1, 0.15) is 42.8 Å². The Morgan fingerprint density at radius 3 is 1.27 bits per heavy atom. The maximum Gasteiger partial charge on any atom is 0.201 e. The molecule has 0 N–H and O–H groups in total. The average molecular weight is 506 g/mol. The van der Waals surface area contributed by atoms with Crippen LogP contribution in [0.4, 0.5) is 43.9 Å². The van der Waals surface area contributed by atoms with E-state index in [4.69, 9.17) is 4.43 Å². The highest BCUT2D eigenvalue weighted by atomic mass is 28.4. The lowest BCUT2D eigenvalue weighted by molar-refractivity contribution is 0.0736. The third-order valence-electron chi connectivity index (χ3n) is 5.42. The summed E-state index contributed by atoms with van der Waals surface area (Å²) in [6.07, 6.45) is -2.93. The van der Waals surface area contributed by atoms with Crippen LogP contribution in [0.3, 0.4) is 0 Å². The Bertz CT molecular complexity index is 1080. The lowest BCUT2D eigenvalue weighted by Gasteiger charge is -2.39. The number of carbonyl (C=O) groups excluding carboxylic acids is 1. The van der Waals surface area contributed by atoms with E-state index in [1.807, 2.05) is 0 Å². The minimum absolute atomic E-state index is 0.897. The summed E-state index contributed by atoms with van der Waals surface area (Å²) >= 11 is 0. The Balaban J connectivity index is 2.92. The van der Waals surface area contributed by atoms with Gasteiger partial charge >= 0.3 is 0 Å². The third kappa shape index (κ3) is 4.39. The minimum Gasteiger partial charge on any atom is -0.402 e. The van der Waals surface area contributed by atoms with Crippen LogP contribution in [0, 0.1) is 58.2 Å². The summed E-state index contributed by atoms with van der Waals surface area (Å²) in [5.74, 6) is -28.0. The number of hydrogen-bond acceptors (Lipinski definition) is 2. The predicted molar refractivity (Wildman–Crippen MR) is 97.8 cm³/mol. The molecule has 0 saturated heterocycles. The number of rotatable bonds is 5. The van der Waals surface area contributed by atoms with Gasteiger partial charge in [0, 0.05) is 0 Å². The van der Waals surface area contributed by atoms with Crippen LogP contribution in [0.25, 0.3) is 0 Å². The molecule has 0 heterocycles. The van der Waals surface area contributed by atoms with Gasteiger partial charge in [-0.15, -0.1) is 0 Å². The molecule has 2 aromatic rings. The molecule has 0 aliphatic heterocycles. The van der Waals surface area contributed by atoms with Gasteiger partial charge in [0.1, 0.15) is 6.10 Å². The van der Waals surface area contributed by atoms with E-state index in [-0.39, 0.29) is 0 Å². The largest absolute Gasteiger partial charge is 0.402 e. The molecule has 0 radical (unpaired) electrons. The second-order valence-corrected chi connectivity index (χ2v) is 13.3. The van der Waals surface area contributed by atoms with Crippen molar-refractivity contribution in [1.82, 2.24) is 0 Å². The SMILES string of the molecule is CC(C)(C)[Si](C)(C)O[C@@H](C(=O)c1c(F)c(F)c(F)c(F)c1F)c1c(F)c(F)c(F)c(F)c1F. The molecule has 2 aromatic carbocycles. The number of hydrogen-bond donors (Lipinski definition) is 0. The highest BCUT2D eigenvalue weighted by Gasteiger charge is 2.46. The van der Waals surface area contributed by atoms with Gasteiger partial charge < -0.3 is 4.43 Å². The molecule has 0 aliphatic rings. The van der Waals surface area contributed by atoms with Crippen molar-refractivity contribution in [3.05, 3.63) is 69.3 Å². The van der Waals surface area contributed by atoms with Crippen molar-refractivity contribution in [2.75, 3.05) is 0 Å². The number of carbonyl (C=O) groups is 1. The summed E-state index contributed by atoms with van der Waals surface area (Å²) in [6, 6.07) is 0. The summed E-state index contributed by atoms with van der Waals surface area (Å²) in [5, 5.41) is -0.897. The molecule has 0 saturated carbocycles. The van der Waals surface area contributed by atoms with Crippen molar-refractivity contribution in [1.29, 1.82) is 0 Å². The zero-order valence-electron chi connectivity index (χ0n) is 17.7. The fourth-order valence-corrected chi connectivity index (χ4v) is 3.69. The molecule has 0 unspecified atom stereocenters. The van der Waals surface area contributed by atoms with Crippen molar-refractivity contribution in [2.45, 2.75) is 45.0 Å². The molecular formula is C20H16F10O2Si. The third-order valence-corrected chi connectivity index (χ3v) is 9.86. The van der Waals surface area contributed by atoms with Gasteiger partial charge in [0.15, 0.2) is 54.9 Å². The lowest BCUT2D eigenvalue weighted by Crippen LogP contribution is -2.44. The van der Waals surface area contributed by atoms with E-state index in [1.54, 1.807) is 0 Å². The van der Waals surface area contributed by atoms with Gasteiger partial charge in [-0.1, -0.05) is 20.8 Å². The first-order chi connectivity index (χ1) is 14.9. The van der Waals surface area contributed by atoms with Crippen molar-refractivity contribution in [3.8, 4) is 0 Å². The molecule has 0 amide bonds. The second kappa shape index (κ2) is 8.74. The molecule has 0 aromatic heterocycles. The van der Waals surface area contributed by atoms with E-state index in [0.717, 1.165) is 0 Å². The monoisotopic (exact) mass is 506 g/mol. The smallest absolute Gasteiger partial charge is 0.201 e. The van der Waals surface area contributed by atoms with Gasteiger partial charge in [0.05, 0.1) is 11.1 Å². The van der Waals surface area contributed by atoms with E-state index in [1.165, 1.54) is 33.9 Å². The van der Waals surface area contributed by atoms with Crippen LogP contribution in [-0.4, -0.2) is 14.1 Å². The first kappa shape index (κ1) is 26.8. The van der Waals surface area contributed by atoms with Gasteiger partial charge in [-0.3, -0.25) is 4.79 Å². The van der Waals surface area contributed by atoms with Crippen molar-refractivity contribution in [3.63, 3.8) is 0 Å². The van der Waals surface area contributed by atoms with Crippen LogP contribution < -0.4 is 0 Å². The number of halogens is 10. The van der Waals surface area contributed by atoms with Crippen molar-refractivity contribution < 1.29 is 53.1 Å². The molecule has 0 bridgehead atoms. The first-order valence-corrected chi connectivity index (χ1v) is 12.0. The topological polar surface area (TPSA) is 26.3 Å². The molecule has 0 fully saturated rings. The molecular weight excluding hydrogens is 490 g/mol. The Hall–Kier alpha value is -2.41. The maximum absolute atomic E-state index is 14.5. The number of ketones is 1. The molecule has 33 heavy (non-hydrogen) atoms. The molecule has 0 aliphatic carbocycles. The number of benzene rings is 2. The standard InChI is InChI=1S/C20H16F10O2Si/c1-20(2,3)33(4,5)32-19(7-10(23)14(27)17(30)15(28)11(7)24)18(31)6-8(21)12(25)16(29)13(26)9(6)22/h19H,1-5H3/t19-/m1/s1. The fraction of sp³-hybridized carbons (Fsp3) is 0.350. The van der Waals surface area contributed by atoms with E-state index in [2.05, 4.69) is 0 Å². The van der Waals surface area contributed by atoms with Gasteiger partial charge in [0.2, 0.25) is 17.4 Å². The van der Waals surface area contributed by atoms with E-state index < -0.39 is 94.5 Å². The van der Waals surface area contributed by atoms with Crippen LogP contribution in [-0.2, 0) is 4.43 Å². The Morgan fingerprint density at radius 2 is 0.939 bits per heavy atom. The highest BCUT2D eigenvalue weighted by Crippen LogP contribution is 2.42. The van der Waals surface area contributed by atoms with Crippen LogP contribution in [0.5, 0.6) is 0 Å². The molecule has 2 nitrogen and oxygen atoms in total. The second-order valence-electron chi connectivity index (χ2n) is 8.55. The maximum atomic E-state index is 14.5. The van der Waals surface area contributed by atoms with Crippen LogP contribution >= 0.6 is 0 Å². The average Bonchev–Trinajstić information content (AvgIpc) is 2.72. The van der Waals surface area contributed by atoms with Gasteiger partial charge in [-0.25, -0.2) is 43.9 Å². The quantitative estimate of drug-likeness (QED) is 0.143. The zero-order valence-corrected chi connectivity index (χ0v) is 18.7. The van der Waals surface area contributed by atoms with E-state index >= 15 is 0 Å². The summed E-state index contributed by atoms with van der Waals surface area (Å²) in [5.41, 5.74) is -4.08. The van der Waals surface area contributed by atoms with Crippen molar-refractivity contribution in [2.24, 2.45) is 0 Å². The number of Topliss-reactive ketones (excluding diaryl/α,β-unsaturated/α-hetero) is 1. The molecule has 13 heteroatoms. The highest BCUT2D eigenvalue weighted by molar-refractivity contribution is 6.74. The molecule has 1 atom stereocenters. The Morgan fingerprint density at radius 1 is 0.636 bits per heavy atom. The summed E-state index contributed by atoms with van der Waals surface area (Å²) < 4.78 is 145. The zero-order chi connectivity index (χ0) is 25.8. The molecule has 0 spiro atoms. The van der Waals surface area contributed by atoms with E-state index in [0.29, 0.717) is 0 Å². The first-order valence-electron chi connectivity index (χ1n) is 9.11. The molecule has 182 valence electrons. The van der Waals surface area contributed by atoms with Crippen LogP contribution in [0.2, 0.25) is 18.1 Å². The van der Waals surface area contributed by atoms with E-state index in [9.17, 15) is 48.7 Å². The van der Waals surface area contributed by atoms with Gasteiger partial charge in [-0.2, -0.15) is 0 Å². The Kier molecular flexibility index (Phi) is 7.11. The summed E-state index contributed by atoms with van der Waals surface area (Å²) in [7, 11) is -3.41. The Labute approximate surface area is 182 Å². The summed E-state index contributed by atoms with van der Waals surface area (Å²) in [6.45, 7) is 7.27. The minimum atomic E-state index is -3.41.